The zero-order valence-electron chi connectivity index (χ0n) is 11.2. The Labute approximate surface area is 112 Å². The molecular weight excluding hydrogens is 240 g/mol. The third-order valence-corrected chi connectivity index (χ3v) is 2.62. The van der Waals surface area contributed by atoms with Gasteiger partial charge in [0.1, 0.15) is 5.75 Å². The van der Waals surface area contributed by atoms with Crippen LogP contribution in [-0.4, -0.2) is 16.6 Å². The average Bonchev–Trinajstić information content (AvgIpc) is 2.42. The highest BCUT2D eigenvalue weighted by Gasteiger charge is 2.02. The Balaban J connectivity index is 2.03. The van der Waals surface area contributed by atoms with E-state index in [0.29, 0.717) is 24.6 Å². The first-order valence-corrected chi connectivity index (χ1v) is 6.22. The van der Waals surface area contributed by atoms with Gasteiger partial charge in [-0.2, -0.15) is 0 Å². The van der Waals surface area contributed by atoms with Crippen LogP contribution in [0.5, 0.6) is 5.75 Å². The Hall–Kier alpha value is -2.30. The first-order chi connectivity index (χ1) is 9.19. The van der Waals surface area contributed by atoms with E-state index >= 15 is 0 Å². The highest BCUT2D eigenvalue weighted by molar-refractivity contribution is 5.61. The van der Waals surface area contributed by atoms with E-state index in [1.165, 1.54) is 0 Å². The number of nitrogen functional groups attached to an aromatic ring is 1. The molecule has 0 saturated carbocycles. The number of aryl methyl sites for hydroxylation is 1. The molecule has 0 aliphatic rings. The number of ether oxygens (including phenoxy) is 1. The molecule has 0 bridgehead atoms. The molecule has 0 unspecified atom stereocenters. The molecule has 0 fully saturated rings. The van der Waals surface area contributed by atoms with Gasteiger partial charge in [-0.05, 0) is 26.0 Å². The minimum Gasteiger partial charge on any atom is -0.492 e. The van der Waals surface area contributed by atoms with Crippen LogP contribution in [0.1, 0.15) is 18.3 Å². The van der Waals surface area contributed by atoms with Gasteiger partial charge in [0.2, 0.25) is 0 Å². The monoisotopic (exact) mass is 258 g/mol. The minimum absolute atomic E-state index is 0.594. The summed E-state index contributed by atoms with van der Waals surface area (Å²) in [6, 6.07) is 5.63. The number of rotatable bonds is 5. The third kappa shape index (κ3) is 3.58. The lowest BCUT2D eigenvalue weighted by Gasteiger charge is -2.10. The summed E-state index contributed by atoms with van der Waals surface area (Å²) in [6.45, 7) is 5.06. The molecule has 0 spiro atoms. The van der Waals surface area contributed by atoms with Gasteiger partial charge in [0.05, 0.1) is 36.4 Å². The summed E-state index contributed by atoms with van der Waals surface area (Å²) in [4.78, 5) is 8.49. The van der Waals surface area contributed by atoms with Gasteiger partial charge in [-0.3, -0.25) is 9.97 Å². The van der Waals surface area contributed by atoms with Gasteiger partial charge < -0.3 is 15.8 Å². The summed E-state index contributed by atoms with van der Waals surface area (Å²) < 4.78 is 5.45. The topological polar surface area (TPSA) is 73.1 Å². The van der Waals surface area contributed by atoms with E-state index in [0.717, 1.165) is 17.1 Å². The van der Waals surface area contributed by atoms with Crippen LogP contribution in [-0.2, 0) is 6.54 Å². The molecule has 3 N–H and O–H groups in total. The Morgan fingerprint density at radius 3 is 2.79 bits per heavy atom. The van der Waals surface area contributed by atoms with Crippen LogP contribution in [0, 0.1) is 6.92 Å². The van der Waals surface area contributed by atoms with Gasteiger partial charge in [0.15, 0.2) is 0 Å². The van der Waals surface area contributed by atoms with Crippen molar-refractivity contribution >= 4 is 11.4 Å². The van der Waals surface area contributed by atoms with Crippen molar-refractivity contribution in [3.8, 4) is 5.75 Å². The molecule has 0 atom stereocenters. The standard InChI is InChI=1S/C14H18N4O/c1-3-19-14-6-11(4-5-13(14)15)18-9-12-8-16-10(2)7-17-12/h4-8,18H,3,9,15H2,1-2H3. The molecule has 1 heterocycles. The maximum absolute atomic E-state index is 5.82. The zero-order valence-corrected chi connectivity index (χ0v) is 11.2. The summed E-state index contributed by atoms with van der Waals surface area (Å²) in [5.41, 5.74) is 9.21. The Morgan fingerprint density at radius 1 is 1.26 bits per heavy atom. The largest absolute Gasteiger partial charge is 0.492 e. The lowest BCUT2D eigenvalue weighted by molar-refractivity contribution is 0.342. The molecule has 2 aromatic rings. The summed E-state index contributed by atoms with van der Waals surface area (Å²) in [5.74, 6) is 0.697. The van der Waals surface area contributed by atoms with Gasteiger partial charge in [-0.1, -0.05) is 0 Å². The predicted octanol–water partition coefficient (Wildman–Crippen LogP) is 2.38. The van der Waals surface area contributed by atoms with Crippen LogP contribution >= 0.6 is 0 Å². The summed E-state index contributed by atoms with van der Waals surface area (Å²) in [5, 5.41) is 3.27. The van der Waals surface area contributed by atoms with Gasteiger partial charge >= 0.3 is 0 Å². The van der Waals surface area contributed by atoms with Crippen molar-refractivity contribution in [1.29, 1.82) is 0 Å². The van der Waals surface area contributed by atoms with Crippen LogP contribution in [0.4, 0.5) is 11.4 Å². The SMILES string of the molecule is CCOc1cc(NCc2cnc(C)cn2)ccc1N. The number of anilines is 2. The minimum atomic E-state index is 0.594. The Morgan fingerprint density at radius 2 is 2.11 bits per heavy atom. The van der Waals surface area contributed by atoms with Crippen molar-refractivity contribution in [1.82, 2.24) is 9.97 Å². The molecule has 2 rings (SSSR count). The normalized spacial score (nSPS) is 10.2. The maximum Gasteiger partial charge on any atom is 0.144 e. The van der Waals surface area contributed by atoms with E-state index in [1.54, 1.807) is 12.4 Å². The number of nitrogens with two attached hydrogens (primary N) is 1. The molecule has 5 nitrogen and oxygen atoms in total. The van der Waals surface area contributed by atoms with Crippen molar-refractivity contribution in [2.45, 2.75) is 20.4 Å². The fourth-order valence-electron chi connectivity index (χ4n) is 1.63. The highest BCUT2D eigenvalue weighted by atomic mass is 16.5. The van der Waals surface area contributed by atoms with Gasteiger partial charge in [-0.15, -0.1) is 0 Å². The quantitative estimate of drug-likeness (QED) is 0.805. The molecule has 100 valence electrons. The van der Waals surface area contributed by atoms with Gasteiger partial charge in [0.25, 0.3) is 0 Å². The van der Waals surface area contributed by atoms with Crippen molar-refractivity contribution in [2.75, 3.05) is 17.7 Å². The first-order valence-electron chi connectivity index (χ1n) is 6.22. The molecule has 0 radical (unpaired) electrons. The van der Waals surface area contributed by atoms with Crippen LogP contribution in [0.3, 0.4) is 0 Å². The van der Waals surface area contributed by atoms with E-state index in [1.807, 2.05) is 32.0 Å². The van der Waals surface area contributed by atoms with Gasteiger partial charge in [0, 0.05) is 18.0 Å². The molecule has 0 aliphatic carbocycles. The summed E-state index contributed by atoms with van der Waals surface area (Å²) >= 11 is 0. The number of aromatic nitrogens is 2. The van der Waals surface area contributed by atoms with E-state index in [4.69, 9.17) is 10.5 Å². The molecular formula is C14H18N4O. The third-order valence-electron chi connectivity index (χ3n) is 2.62. The van der Waals surface area contributed by atoms with Crippen LogP contribution in [0.15, 0.2) is 30.6 Å². The van der Waals surface area contributed by atoms with Crippen LogP contribution in [0.2, 0.25) is 0 Å². The lowest BCUT2D eigenvalue weighted by atomic mass is 10.2. The fraction of sp³-hybridized carbons (Fsp3) is 0.286. The molecule has 5 heteroatoms. The summed E-state index contributed by atoms with van der Waals surface area (Å²) in [6.07, 6.45) is 3.52. The summed E-state index contributed by atoms with van der Waals surface area (Å²) in [7, 11) is 0. The molecule has 1 aromatic heterocycles. The number of hydrogen-bond acceptors (Lipinski definition) is 5. The molecule has 0 aliphatic heterocycles. The van der Waals surface area contributed by atoms with Crippen molar-refractivity contribution in [3.63, 3.8) is 0 Å². The number of nitrogens with one attached hydrogen (secondary N) is 1. The number of benzene rings is 1. The second-order valence-electron chi connectivity index (χ2n) is 4.19. The number of nitrogens with zero attached hydrogens (tertiary/aromatic N) is 2. The number of hydrogen-bond donors (Lipinski definition) is 2. The molecule has 1 aromatic carbocycles. The van der Waals surface area contributed by atoms with E-state index in [2.05, 4.69) is 15.3 Å². The molecule has 0 saturated heterocycles. The molecule has 19 heavy (non-hydrogen) atoms. The second-order valence-corrected chi connectivity index (χ2v) is 4.19. The van der Waals surface area contributed by atoms with Crippen LogP contribution < -0.4 is 15.8 Å². The van der Waals surface area contributed by atoms with Crippen molar-refractivity contribution < 1.29 is 4.74 Å². The highest BCUT2D eigenvalue weighted by Crippen LogP contribution is 2.25. The Kier molecular flexibility index (Phi) is 4.18. The lowest BCUT2D eigenvalue weighted by Crippen LogP contribution is -2.04. The van der Waals surface area contributed by atoms with Gasteiger partial charge in [-0.25, -0.2) is 0 Å². The van der Waals surface area contributed by atoms with Crippen molar-refractivity contribution in [3.05, 3.63) is 42.0 Å². The van der Waals surface area contributed by atoms with Crippen molar-refractivity contribution in [2.24, 2.45) is 0 Å². The predicted molar refractivity (Wildman–Crippen MR) is 76.1 cm³/mol. The van der Waals surface area contributed by atoms with Crippen LogP contribution in [0.25, 0.3) is 0 Å². The zero-order chi connectivity index (χ0) is 13.7. The average molecular weight is 258 g/mol. The van der Waals surface area contributed by atoms with E-state index < -0.39 is 0 Å². The Bertz CT molecular complexity index is 540. The maximum atomic E-state index is 5.82. The fourth-order valence-corrected chi connectivity index (χ4v) is 1.63. The first kappa shape index (κ1) is 13.1. The van der Waals surface area contributed by atoms with E-state index in [9.17, 15) is 0 Å². The smallest absolute Gasteiger partial charge is 0.144 e. The molecule has 0 amide bonds. The van der Waals surface area contributed by atoms with E-state index in [-0.39, 0.29) is 0 Å². The second kappa shape index (κ2) is 6.04.